The minimum atomic E-state index is -0.478. The molecule has 1 aromatic carbocycles. The third-order valence-electron chi connectivity index (χ3n) is 3.02. The van der Waals surface area contributed by atoms with Crippen LogP contribution in [0.2, 0.25) is 0 Å². The Morgan fingerprint density at radius 1 is 1.60 bits per heavy atom. The Balaban J connectivity index is 2.86. The molecular formula is C13H19N5O2. The summed E-state index contributed by atoms with van der Waals surface area (Å²) in [6.45, 7) is 5.96. The Labute approximate surface area is 118 Å². The smallest absolute Gasteiger partial charge is 0.293 e. The van der Waals surface area contributed by atoms with Gasteiger partial charge in [-0.15, -0.1) is 0 Å². The average molecular weight is 277 g/mol. The number of nitrogens with two attached hydrogens (primary N) is 1. The van der Waals surface area contributed by atoms with E-state index in [1.165, 1.54) is 6.07 Å². The molecule has 0 aromatic heterocycles. The van der Waals surface area contributed by atoms with Crippen LogP contribution in [0.5, 0.6) is 0 Å². The van der Waals surface area contributed by atoms with Crippen LogP contribution < -0.4 is 11.3 Å². The number of hydrazine groups is 1. The molecule has 0 spiro atoms. The van der Waals surface area contributed by atoms with Crippen LogP contribution in [0, 0.1) is 27.4 Å². The van der Waals surface area contributed by atoms with E-state index in [0.717, 1.165) is 12.1 Å². The summed E-state index contributed by atoms with van der Waals surface area (Å²) < 4.78 is 0. The molecule has 3 N–H and O–H groups in total. The molecule has 0 saturated heterocycles. The molecule has 0 aliphatic carbocycles. The monoisotopic (exact) mass is 277 g/mol. The van der Waals surface area contributed by atoms with E-state index in [0.29, 0.717) is 13.1 Å². The van der Waals surface area contributed by atoms with Crippen molar-refractivity contribution < 1.29 is 4.92 Å². The van der Waals surface area contributed by atoms with Crippen LogP contribution in [0.4, 0.5) is 11.4 Å². The van der Waals surface area contributed by atoms with Crippen molar-refractivity contribution in [2.75, 3.05) is 18.5 Å². The second kappa shape index (κ2) is 7.43. The molecule has 0 heterocycles. The minimum Gasteiger partial charge on any atom is -0.318 e. The summed E-state index contributed by atoms with van der Waals surface area (Å²) in [5.41, 5.74) is 3.50. The molecule has 0 fully saturated rings. The van der Waals surface area contributed by atoms with E-state index in [9.17, 15) is 10.1 Å². The van der Waals surface area contributed by atoms with Gasteiger partial charge in [0.15, 0.2) is 0 Å². The van der Waals surface area contributed by atoms with Gasteiger partial charge in [0, 0.05) is 19.2 Å². The molecule has 1 unspecified atom stereocenters. The number of nitrogens with zero attached hydrogens (tertiary/aromatic N) is 3. The largest absolute Gasteiger partial charge is 0.318 e. The Morgan fingerprint density at radius 2 is 2.30 bits per heavy atom. The van der Waals surface area contributed by atoms with Gasteiger partial charge in [-0.1, -0.05) is 13.0 Å². The Hall–Kier alpha value is -2.17. The molecule has 20 heavy (non-hydrogen) atoms. The van der Waals surface area contributed by atoms with Gasteiger partial charge in [-0.25, -0.2) is 0 Å². The standard InChI is InChI=1S/C13H19N5O2/c1-3-17(8-10(2)7-14)9-11-4-5-13(18(19)20)12(6-11)16-15/h4-6,10,16H,3,8-9,15H2,1-2H3. The molecule has 0 aliphatic heterocycles. The maximum atomic E-state index is 10.8. The maximum absolute atomic E-state index is 10.8. The molecule has 0 amide bonds. The number of anilines is 1. The van der Waals surface area contributed by atoms with Crippen LogP contribution in [0.15, 0.2) is 18.2 Å². The van der Waals surface area contributed by atoms with E-state index < -0.39 is 4.92 Å². The van der Waals surface area contributed by atoms with Crippen molar-refractivity contribution in [3.63, 3.8) is 0 Å². The van der Waals surface area contributed by atoms with Gasteiger partial charge in [-0.05, 0) is 25.1 Å². The quantitative estimate of drug-likeness (QED) is 0.447. The highest BCUT2D eigenvalue weighted by atomic mass is 16.6. The Morgan fingerprint density at radius 3 is 2.80 bits per heavy atom. The first-order chi connectivity index (χ1) is 9.51. The van der Waals surface area contributed by atoms with Crippen LogP contribution in [-0.2, 0) is 6.54 Å². The summed E-state index contributed by atoms with van der Waals surface area (Å²) in [7, 11) is 0. The second-order valence-corrected chi connectivity index (χ2v) is 4.61. The summed E-state index contributed by atoms with van der Waals surface area (Å²) in [4.78, 5) is 12.4. The zero-order chi connectivity index (χ0) is 15.1. The molecule has 7 nitrogen and oxygen atoms in total. The van der Waals surface area contributed by atoms with Crippen molar-refractivity contribution in [1.82, 2.24) is 4.90 Å². The molecule has 0 bridgehead atoms. The minimum absolute atomic E-state index is 0.0512. The van der Waals surface area contributed by atoms with Gasteiger partial charge >= 0.3 is 0 Å². The molecule has 1 aromatic rings. The van der Waals surface area contributed by atoms with Crippen molar-refractivity contribution in [3.8, 4) is 6.07 Å². The van der Waals surface area contributed by atoms with E-state index in [1.807, 2.05) is 13.8 Å². The van der Waals surface area contributed by atoms with Gasteiger partial charge in [0.25, 0.3) is 5.69 Å². The predicted molar refractivity (Wildman–Crippen MR) is 76.6 cm³/mol. The van der Waals surface area contributed by atoms with E-state index >= 15 is 0 Å². The van der Waals surface area contributed by atoms with Crippen LogP contribution in [0.1, 0.15) is 19.4 Å². The van der Waals surface area contributed by atoms with Gasteiger partial charge in [0.1, 0.15) is 5.69 Å². The molecule has 7 heteroatoms. The lowest BCUT2D eigenvalue weighted by molar-refractivity contribution is -0.384. The zero-order valence-electron chi connectivity index (χ0n) is 11.7. The molecule has 0 saturated carbocycles. The maximum Gasteiger partial charge on any atom is 0.293 e. The SMILES string of the molecule is CCN(Cc1ccc([N+](=O)[O-])c(NN)c1)CC(C)C#N. The van der Waals surface area contributed by atoms with Gasteiger partial charge in [0.05, 0.1) is 16.9 Å². The van der Waals surface area contributed by atoms with E-state index in [1.54, 1.807) is 12.1 Å². The number of nitro benzene ring substituents is 1. The highest BCUT2D eigenvalue weighted by molar-refractivity contribution is 5.62. The van der Waals surface area contributed by atoms with E-state index in [4.69, 9.17) is 11.1 Å². The zero-order valence-corrected chi connectivity index (χ0v) is 11.7. The lowest BCUT2D eigenvalue weighted by Gasteiger charge is -2.21. The number of nitrogens with one attached hydrogen (secondary N) is 1. The van der Waals surface area contributed by atoms with Gasteiger partial charge in [-0.2, -0.15) is 5.26 Å². The first-order valence-electron chi connectivity index (χ1n) is 6.37. The molecule has 108 valence electrons. The van der Waals surface area contributed by atoms with Crippen LogP contribution in [-0.4, -0.2) is 22.9 Å². The van der Waals surface area contributed by atoms with Crippen LogP contribution >= 0.6 is 0 Å². The van der Waals surface area contributed by atoms with Crippen molar-refractivity contribution >= 4 is 11.4 Å². The van der Waals surface area contributed by atoms with Gasteiger partial charge in [-0.3, -0.25) is 20.9 Å². The molecule has 0 aliphatic rings. The topological polar surface area (TPSA) is 108 Å². The number of benzene rings is 1. The van der Waals surface area contributed by atoms with Crippen molar-refractivity contribution in [2.45, 2.75) is 20.4 Å². The summed E-state index contributed by atoms with van der Waals surface area (Å²) in [5, 5.41) is 19.7. The van der Waals surface area contributed by atoms with E-state index in [2.05, 4.69) is 16.4 Å². The Kier molecular flexibility index (Phi) is 5.90. The lowest BCUT2D eigenvalue weighted by atomic mass is 10.1. The summed E-state index contributed by atoms with van der Waals surface area (Å²) in [6.07, 6.45) is 0. The number of rotatable bonds is 7. The summed E-state index contributed by atoms with van der Waals surface area (Å²) >= 11 is 0. The fraction of sp³-hybridized carbons (Fsp3) is 0.462. The van der Waals surface area contributed by atoms with Crippen LogP contribution in [0.3, 0.4) is 0 Å². The van der Waals surface area contributed by atoms with E-state index in [-0.39, 0.29) is 17.3 Å². The second-order valence-electron chi connectivity index (χ2n) is 4.61. The Bertz CT molecular complexity index is 512. The fourth-order valence-corrected chi connectivity index (χ4v) is 1.95. The predicted octanol–water partition coefficient (Wildman–Crippen LogP) is 1.86. The molecule has 1 atom stereocenters. The highest BCUT2D eigenvalue weighted by Gasteiger charge is 2.15. The number of nitro groups is 1. The lowest BCUT2D eigenvalue weighted by Crippen LogP contribution is -2.27. The molecule has 1 rings (SSSR count). The molecule has 0 radical (unpaired) electrons. The summed E-state index contributed by atoms with van der Waals surface area (Å²) in [5.74, 6) is 5.26. The third kappa shape index (κ3) is 4.19. The van der Waals surface area contributed by atoms with Crippen molar-refractivity contribution in [2.24, 2.45) is 11.8 Å². The third-order valence-corrected chi connectivity index (χ3v) is 3.02. The van der Waals surface area contributed by atoms with Gasteiger partial charge < -0.3 is 5.43 Å². The number of hydrogen-bond acceptors (Lipinski definition) is 6. The number of hydrogen-bond donors (Lipinski definition) is 2. The number of nitriles is 1. The normalized spacial score (nSPS) is 11.9. The van der Waals surface area contributed by atoms with Gasteiger partial charge in [0.2, 0.25) is 0 Å². The summed E-state index contributed by atoms with van der Waals surface area (Å²) in [6, 6.07) is 7.01. The first kappa shape index (κ1) is 15.9. The van der Waals surface area contributed by atoms with Crippen molar-refractivity contribution in [1.29, 1.82) is 5.26 Å². The fourth-order valence-electron chi connectivity index (χ4n) is 1.95. The van der Waals surface area contributed by atoms with Crippen LogP contribution in [0.25, 0.3) is 0 Å². The first-order valence-corrected chi connectivity index (χ1v) is 6.37. The molecular weight excluding hydrogens is 258 g/mol. The highest BCUT2D eigenvalue weighted by Crippen LogP contribution is 2.25. The number of nitrogen functional groups attached to an aromatic ring is 1. The van der Waals surface area contributed by atoms with Crippen molar-refractivity contribution in [3.05, 3.63) is 33.9 Å². The average Bonchev–Trinajstić information content (AvgIpc) is 2.45.